The van der Waals surface area contributed by atoms with E-state index in [1.807, 2.05) is 6.07 Å². The second-order valence-corrected chi connectivity index (χ2v) is 3.76. The Balaban J connectivity index is 2.10. The summed E-state index contributed by atoms with van der Waals surface area (Å²) in [7, 11) is 0. The molecule has 19 heavy (non-hydrogen) atoms. The smallest absolute Gasteiger partial charge is 0.338 e. The lowest BCUT2D eigenvalue weighted by atomic mass is 10.2. The van der Waals surface area contributed by atoms with Gasteiger partial charge in [-0.2, -0.15) is 5.26 Å². The second kappa shape index (κ2) is 5.23. The number of aromatic carboxylic acids is 1. The minimum atomic E-state index is -1.07. The van der Waals surface area contributed by atoms with Crippen molar-refractivity contribution in [2.75, 3.05) is 5.32 Å². The van der Waals surface area contributed by atoms with Crippen LogP contribution < -0.4 is 5.32 Å². The number of nitrogens with one attached hydrogen (secondary N) is 1. The molecule has 2 aromatic rings. The fourth-order valence-electron chi connectivity index (χ4n) is 1.53. The van der Waals surface area contributed by atoms with Crippen molar-refractivity contribution in [2.24, 2.45) is 0 Å². The van der Waals surface area contributed by atoms with Gasteiger partial charge in [0.25, 0.3) is 0 Å². The van der Waals surface area contributed by atoms with E-state index in [4.69, 9.17) is 14.8 Å². The number of rotatable bonds is 4. The van der Waals surface area contributed by atoms with Gasteiger partial charge in [0.2, 0.25) is 0 Å². The highest BCUT2D eigenvalue weighted by Gasteiger charge is 2.09. The molecule has 2 rings (SSSR count). The number of halogens is 1. The average molecular weight is 260 g/mol. The molecule has 0 amide bonds. The zero-order chi connectivity index (χ0) is 13.8. The molecule has 0 aliphatic rings. The van der Waals surface area contributed by atoms with Gasteiger partial charge in [-0.05, 0) is 24.3 Å². The van der Waals surface area contributed by atoms with Gasteiger partial charge in [-0.25, -0.2) is 9.18 Å². The van der Waals surface area contributed by atoms with Crippen molar-refractivity contribution in [3.63, 3.8) is 0 Å². The zero-order valence-corrected chi connectivity index (χ0v) is 9.68. The summed E-state index contributed by atoms with van der Waals surface area (Å²) in [6, 6.07) is 7.04. The van der Waals surface area contributed by atoms with Crippen molar-refractivity contribution in [3.05, 3.63) is 53.2 Å². The fourth-order valence-corrected chi connectivity index (χ4v) is 1.53. The van der Waals surface area contributed by atoms with Crippen LogP contribution in [-0.2, 0) is 6.54 Å². The molecule has 0 radical (unpaired) electrons. The molecule has 0 saturated heterocycles. The number of furan rings is 1. The van der Waals surface area contributed by atoms with Crippen molar-refractivity contribution >= 4 is 11.7 Å². The van der Waals surface area contributed by atoms with Crippen molar-refractivity contribution in [1.82, 2.24) is 0 Å². The zero-order valence-electron chi connectivity index (χ0n) is 9.68. The number of nitriles is 1. The molecule has 0 aliphatic heterocycles. The van der Waals surface area contributed by atoms with Gasteiger partial charge in [-0.15, -0.1) is 0 Å². The lowest BCUT2D eigenvalue weighted by molar-refractivity contribution is 0.0696. The Morgan fingerprint density at radius 2 is 2.26 bits per heavy atom. The fraction of sp³-hybridized carbons (Fsp3) is 0.0769. The first-order valence-corrected chi connectivity index (χ1v) is 5.34. The maximum Gasteiger partial charge on any atom is 0.338 e. The Kier molecular flexibility index (Phi) is 3.48. The van der Waals surface area contributed by atoms with Crippen molar-refractivity contribution in [3.8, 4) is 6.07 Å². The quantitative estimate of drug-likeness (QED) is 0.882. The van der Waals surface area contributed by atoms with E-state index >= 15 is 0 Å². The van der Waals surface area contributed by atoms with Gasteiger partial charge < -0.3 is 14.8 Å². The first-order valence-electron chi connectivity index (χ1n) is 5.34. The normalized spacial score (nSPS) is 9.89. The predicted octanol–water partition coefficient (Wildman–Crippen LogP) is 2.60. The Hall–Kier alpha value is -2.81. The Morgan fingerprint density at radius 3 is 2.89 bits per heavy atom. The third-order valence-corrected chi connectivity index (χ3v) is 2.46. The minimum Gasteiger partial charge on any atom is -0.478 e. The SMILES string of the molecule is N#Cc1cc(F)ccc1NCc1cc(C(=O)O)co1. The topological polar surface area (TPSA) is 86.3 Å². The molecule has 1 aromatic carbocycles. The highest BCUT2D eigenvalue weighted by atomic mass is 19.1. The summed E-state index contributed by atoms with van der Waals surface area (Å²) in [6.07, 6.45) is 1.13. The van der Waals surface area contributed by atoms with E-state index in [0.717, 1.165) is 12.3 Å². The predicted molar refractivity (Wildman–Crippen MR) is 64.1 cm³/mol. The lowest BCUT2D eigenvalue weighted by Crippen LogP contribution is -2.01. The monoisotopic (exact) mass is 260 g/mol. The molecular weight excluding hydrogens is 251 g/mol. The maximum atomic E-state index is 12.9. The number of benzene rings is 1. The van der Waals surface area contributed by atoms with E-state index in [9.17, 15) is 9.18 Å². The number of hydrogen-bond donors (Lipinski definition) is 2. The number of hydrogen-bond acceptors (Lipinski definition) is 4. The minimum absolute atomic E-state index is 0.0522. The number of nitrogens with zero attached hydrogens (tertiary/aromatic N) is 1. The summed E-state index contributed by atoms with van der Waals surface area (Å²) in [5, 5.41) is 20.5. The van der Waals surface area contributed by atoms with Gasteiger partial charge in [-0.1, -0.05) is 0 Å². The van der Waals surface area contributed by atoms with Crippen LogP contribution in [-0.4, -0.2) is 11.1 Å². The Labute approximate surface area is 107 Å². The van der Waals surface area contributed by atoms with Crippen LogP contribution in [0.3, 0.4) is 0 Å². The summed E-state index contributed by atoms with van der Waals surface area (Å²) in [6.45, 7) is 0.202. The van der Waals surface area contributed by atoms with E-state index < -0.39 is 11.8 Å². The summed E-state index contributed by atoms with van der Waals surface area (Å²) in [5.74, 6) is -1.16. The molecule has 0 spiro atoms. The van der Waals surface area contributed by atoms with Crippen molar-refractivity contribution in [2.45, 2.75) is 6.54 Å². The third-order valence-electron chi connectivity index (χ3n) is 2.46. The summed E-state index contributed by atoms with van der Waals surface area (Å²) in [5.41, 5.74) is 0.679. The van der Waals surface area contributed by atoms with Gasteiger partial charge >= 0.3 is 5.97 Å². The van der Waals surface area contributed by atoms with Crippen LogP contribution in [0.25, 0.3) is 0 Å². The Morgan fingerprint density at radius 1 is 1.47 bits per heavy atom. The average Bonchev–Trinajstić information content (AvgIpc) is 2.86. The first kappa shape index (κ1) is 12.6. The molecule has 2 N–H and O–H groups in total. The van der Waals surface area contributed by atoms with Crippen LogP contribution in [0.2, 0.25) is 0 Å². The van der Waals surface area contributed by atoms with E-state index in [1.54, 1.807) is 0 Å². The third kappa shape index (κ3) is 2.90. The van der Waals surface area contributed by atoms with Crippen molar-refractivity contribution in [1.29, 1.82) is 5.26 Å². The number of carbonyl (C=O) groups is 1. The van der Waals surface area contributed by atoms with Crippen LogP contribution in [0.4, 0.5) is 10.1 Å². The standard InChI is InChI=1S/C13H9FN2O3/c14-10-1-2-12(8(3-10)5-15)16-6-11-4-9(7-19-11)13(17)18/h1-4,7,16H,6H2,(H,17,18). The molecule has 0 saturated carbocycles. The van der Waals surface area contributed by atoms with Crippen LogP contribution in [0.1, 0.15) is 21.7 Å². The molecule has 0 bridgehead atoms. The highest BCUT2D eigenvalue weighted by Crippen LogP contribution is 2.17. The summed E-state index contributed by atoms with van der Waals surface area (Å²) >= 11 is 0. The Bertz CT molecular complexity index is 658. The van der Waals surface area contributed by atoms with Crippen LogP contribution >= 0.6 is 0 Å². The van der Waals surface area contributed by atoms with E-state index in [1.165, 1.54) is 18.2 Å². The molecule has 5 nitrogen and oxygen atoms in total. The number of carboxylic acids is 1. The van der Waals surface area contributed by atoms with E-state index in [2.05, 4.69) is 5.32 Å². The molecular formula is C13H9FN2O3. The first-order chi connectivity index (χ1) is 9.10. The van der Waals surface area contributed by atoms with Crippen LogP contribution in [0, 0.1) is 17.1 Å². The van der Waals surface area contributed by atoms with Gasteiger partial charge in [-0.3, -0.25) is 0 Å². The summed E-state index contributed by atoms with van der Waals surface area (Å²) < 4.78 is 18.0. The highest BCUT2D eigenvalue weighted by molar-refractivity contribution is 5.87. The maximum absolute atomic E-state index is 12.9. The van der Waals surface area contributed by atoms with E-state index in [0.29, 0.717) is 11.4 Å². The number of anilines is 1. The van der Waals surface area contributed by atoms with E-state index in [-0.39, 0.29) is 17.7 Å². The molecule has 0 fully saturated rings. The van der Waals surface area contributed by atoms with Crippen LogP contribution in [0.15, 0.2) is 34.9 Å². The molecule has 1 heterocycles. The molecule has 6 heteroatoms. The molecule has 0 unspecified atom stereocenters. The lowest BCUT2D eigenvalue weighted by Gasteiger charge is -2.06. The van der Waals surface area contributed by atoms with Gasteiger partial charge in [0.1, 0.15) is 23.9 Å². The molecule has 0 aliphatic carbocycles. The molecule has 1 aromatic heterocycles. The summed E-state index contributed by atoms with van der Waals surface area (Å²) in [4.78, 5) is 10.7. The molecule has 0 atom stereocenters. The van der Waals surface area contributed by atoms with Gasteiger partial charge in [0.05, 0.1) is 23.4 Å². The second-order valence-electron chi connectivity index (χ2n) is 3.76. The van der Waals surface area contributed by atoms with Gasteiger partial charge in [0.15, 0.2) is 0 Å². The molecule has 96 valence electrons. The van der Waals surface area contributed by atoms with Crippen molar-refractivity contribution < 1.29 is 18.7 Å². The van der Waals surface area contributed by atoms with Crippen LogP contribution in [0.5, 0.6) is 0 Å². The largest absolute Gasteiger partial charge is 0.478 e. The van der Waals surface area contributed by atoms with Gasteiger partial charge in [0, 0.05) is 0 Å². The number of carboxylic acid groups (broad SMARTS) is 1.